The van der Waals surface area contributed by atoms with Crippen LogP contribution in [0.25, 0.3) is 0 Å². The Balaban J connectivity index is 1.72. The lowest BCUT2D eigenvalue weighted by Crippen LogP contribution is -2.62. The number of amides is 2. The molecule has 1 aromatic carbocycles. The number of hydrogen-bond acceptors (Lipinski definition) is 4. The fourth-order valence-corrected chi connectivity index (χ4v) is 3.91. The molecule has 1 aromatic rings. The van der Waals surface area contributed by atoms with Gasteiger partial charge in [0, 0.05) is 22.7 Å². The number of rotatable bonds is 2. The van der Waals surface area contributed by atoms with E-state index >= 15 is 0 Å². The molecule has 0 aromatic heterocycles. The van der Waals surface area contributed by atoms with Gasteiger partial charge in [-0.1, -0.05) is 0 Å². The fraction of sp³-hybridized carbons (Fsp3) is 0.556. The van der Waals surface area contributed by atoms with Gasteiger partial charge in [0.2, 0.25) is 0 Å². The second-order valence-corrected chi connectivity index (χ2v) is 8.02. The van der Waals surface area contributed by atoms with Crippen LogP contribution in [0.5, 0.6) is 5.75 Å². The van der Waals surface area contributed by atoms with Gasteiger partial charge in [0.05, 0.1) is 5.69 Å². The number of piperidine rings is 1. The van der Waals surface area contributed by atoms with Gasteiger partial charge in [-0.3, -0.25) is 9.59 Å². The van der Waals surface area contributed by atoms with Gasteiger partial charge in [0.1, 0.15) is 5.75 Å². The van der Waals surface area contributed by atoms with Crippen molar-refractivity contribution in [2.45, 2.75) is 57.7 Å². The Morgan fingerprint density at radius 3 is 2.54 bits per heavy atom. The predicted molar refractivity (Wildman–Crippen MR) is 92.3 cm³/mol. The van der Waals surface area contributed by atoms with Crippen LogP contribution in [0.2, 0.25) is 0 Å². The Morgan fingerprint density at radius 2 is 1.88 bits per heavy atom. The molecule has 0 bridgehead atoms. The number of ether oxygens (including phenoxy) is 1. The molecule has 3 N–H and O–H groups in total. The van der Waals surface area contributed by atoms with Gasteiger partial charge in [-0.15, -0.1) is 0 Å². The highest BCUT2D eigenvalue weighted by molar-refractivity contribution is 5.99. The molecule has 130 valence electrons. The van der Waals surface area contributed by atoms with Crippen molar-refractivity contribution >= 4 is 17.5 Å². The van der Waals surface area contributed by atoms with Crippen LogP contribution < -0.4 is 20.7 Å². The van der Waals surface area contributed by atoms with Gasteiger partial charge in [0.25, 0.3) is 11.8 Å². The van der Waals surface area contributed by atoms with Gasteiger partial charge in [0.15, 0.2) is 6.61 Å². The third-order valence-corrected chi connectivity index (χ3v) is 4.40. The molecule has 0 saturated carbocycles. The topological polar surface area (TPSA) is 79.5 Å². The van der Waals surface area contributed by atoms with Crippen LogP contribution in [0, 0.1) is 0 Å². The number of fused-ring (bicyclic) bond motifs is 1. The van der Waals surface area contributed by atoms with Crippen LogP contribution in [0.1, 0.15) is 50.9 Å². The van der Waals surface area contributed by atoms with Crippen molar-refractivity contribution in [3.8, 4) is 5.75 Å². The average molecular weight is 331 g/mol. The summed E-state index contributed by atoms with van der Waals surface area (Å²) in [5, 5.41) is 9.47. The molecule has 0 atom stereocenters. The third-order valence-electron chi connectivity index (χ3n) is 4.40. The summed E-state index contributed by atoms with van der Waals surface area (Å²) in [6.45, 7) is 8.60. The minimum atomic E-state index is -0.182. The fourth-order valence-electron chi connectivity index (χ4n) is 3.91. The molecule has 2 aliphatic heterocycles. The van der Waals surface area contributed by atoms with E-state index in [1.165, 1.54) is 0 Å². The quantitative estimate of drug-likeness (QED) is 0.775. The Kier molecular flexibility index (Phi) is 4.03. The van der Waals surface area contributed by atoms with Crippen molar-refractivity contribution < 1.29 is 14.3 Å². The number of hydrogen-bond donors (Lipinski definition) is 3. The SMILES string of the molecule is CC1(C)CC(NC(=O)c2ccc3c(c2)OCC(=O)N3)CC(C)(C)N1. The van der Waals surface area contributed by atoms with Crippen LogP contribution in [0.4, 0.5) is 5.69 Å². The average Bonchev–Trinajstić information content (AvgIpc) is 2.43. The van der Waals surface area contributed by atoms with Gasteiger partial charge < -0.3 is 20.7 Å². The number of benzene rings is 1. The van der Waals surface area contributed by atoms with E-state index in [1.807, 2.05) is 0 Å². The molecular formula is C18H25N3O3. The Labute approximate surface area is 142 Å². The summed E-state index contributed by atoms with van der Waals surface area (Å²) in [5.74, 6) is 0.240. The first-order valence-electron chi connectivity index (χ1n) is 8.30. The first-order valence-corrected chi connectivity index (χ1v) is 8.30. The normalized spacial score (nSPS) is 22.1. The van der Waals surface area contributed by atoms with E-state index in [0.717, 1.165) is 12.8 Å². The van der Waals surface area contributed by atoms with Crippen molar-refractivity contribution in [1.29, 1.82) is 0 Å². The standard InChI is InChI=1S/C18H25N3O3/c1-17(2)8-12(9-18(3,4)21-17)19-16(23)11-5-6-13-14(7-11)24-10-15(22)20-13/h5-7,12,21H,8-10H2,1-4H3,(H,19,23)(H,20,22). The lowest BCUT2D eigenvalue weighted by Gasteiger charge is -2.46. The van der Waals surface area contributed by atoms with Crippen molar-refractivity contribution in [2.24, 2.45) is 0 Å². The van der Waals surface area contributed by atoms with Crippen LogP contribution in [-0.2, 0) is 4.79 Å². The summed E-state index contributed by atoms with van der Waals surface area (Å²) >= 11 is 0. The van der Waals surface area contributed by atoms with Crippen molar-refractivity contribution in [3.63, 3.8) is 0 Å². The summed E-state index contributed by atoms with van der Waals surface area (Å²) in [5.41, 5.74) is 1.09. The molecule has 0 radical (unpaired) electrons. The molecule has 0 spiro atoms. The van der Waals surface area contributed by atoms with Crippen molar-refractivity contribution in [3.05, 3.63) is 23.8 Å². The lowest BCUT2D eigenvalue weighted by atomic mass is 9.79. The molecule has 2 amide bonds. The van der Waals surface area contributed by atoms with Gasteiger partial charge in [-0.2, -0.15) is 0 Å². The van der Waals surface area contributed by atoms with E-state index in [9.17, 15) is 9.59 Å². The van der Waals surface area contributed by atoms with Crippen LogP contribution in [-0.4, -0.2) is 35.5 Å². The molecule has 0 aliphatic carbocycles. The van der Waals surface area contributed by atoms with Gasteiger partial charge in [-0.25, -0.2) is 0 Å². The zero-order valence-electron chi connectivity index (χ0n) is 14.7. The number of anilines is 1. The van der Waals surface area contributed by atoms with E-state index in [1.54, 1.807) is 18.2 Å². The van der Waals surface area contributed by atoms with E-state index in [0.29, 0.717) is 17.0 Å². The van der Waals surface area contributed by atoms with E-state index < -0.39 is 0 Å². The lowest BCUT2D eigenvalue weighted by molar-refractivity contribution is -0.118. The first kappa shape index (κ1) is 16.8. The molecule has 3 rings (SSSR count). The van der Waals surface area contributed by atoms with Crippen LogP contribution >= 0.6 is 0 Å². The van der Waals surface area contributed by atoms with Gasteiger partial charge >= 0.3 is 0 Å². The van der Waals surface area contributed by atoms with E-state index in [2.05, 4.69) is 43.6 Å². The summed E-state index contributed by atoms with van der Waals surface area (Å²) in [7, 11) is 0. The van der Waals surface area contributed by atoms with Crippen LogP contribution in [0.3, 0.4) is 0 Å². The maximum atomic E-state index is 12.6. The largest absolute Gasteiger partial charge is 0.482 e. The Hall–Kier alpha value is -2.08. The second kappa shape index (κ2) is 5.77. The number of carbonyl (C=O) groups is 2. The highest BCUT2D eigenvalue weighted by Gasteiger charge is 2.38. The van der Waals surface area contributed by atoms with E-state index in [-0.39, 0.29) is 35.5 Å². The van der Waals surface area contributed by atoms with Crippen molar-refractivity contribution in [1.82, 2.24) is 10.6 Å². The molecular weight excluding hydrogens is 306 g/mol. The highest BCUT2D eigenvalue weighted by Crippen LogP contribution is 2.30. The van der Waals surface area contributed by atoms with Crippen molar-refractivity contribution in [2.75, 3.05) is 11.9 Å². The molecule has 0 unspecified atom stereocenters. The van der Waals surface area contributed by atoms with Crippen LogP contribution in [0.15, 0.2) is 18.2 Å². The monoisotopic (exact) mass is 331 g/mol. The molecule has 2 aliphatic rings. The number of nitrogens with one attached hydrogen (secondary N) is 3. The predicted octanol–water partition coefficient (Wildman–Crippen LogP) is 2.06. The zero-order chi connectivity index (χ0) is 17.5. The molecule has 6 nitrogen and oxygen atoms in total. The summed E-state index contributed by atoms with van der Waals surface area (Å²) in [6.07, 6.45) is 1.75. The minimum absolute atomic E-state index is 0.0191. The molecule has 2 heterocycles. The summed E-state index contributed by atoms with van der Waals surface area (Å²) < 4.78 is 5.38. The third kappa shape index (κ3) is 3.70. The molecule has 6 heteroatoms. The zero-order valence-corrected chi connectivity index (χ0v) is 14.7. The Bertz CT molecular complexity index is 666. The highest BCUT2D eigenvalue weighted by atomic mass is 16.5. The first-order chi connectivity index (χ1) is 11.1. The minimum Gasteiger partial charge on any atom is -0.482 e. The molecule has 1 saturated heterocycles. The van der Waals surface area contributed by atoms with E-state index in [4.69, 9.17) is 4.74 Å². The Morgan fingerprint density at radius 1 is 1.21 bits per heavy atom. The summed E-state index contributed by atoms with van der Waals surface area (Å²) in [6, 6.07) is 5.21. The molecule has 24 heavy (non-hydrogen) atoms. The summed E-state index contributed by atoms with van der Waals surface area (Å²) in [4.78, 5) is 23.9. The second-order valence-electron chi connectivity index (χ2n) is 8.02. The maximum Gasteiger partial charge on any atom is 0.262 e. The maximum absolute atomic E-state index is 12.6. The molecule has 1 fully saturated rings. The smallest absolute Gasteiger partial charge is 0.262 e. The number of carbonyl (C=O) groups excluding carboxylic acids is 2. The van der Waals surface area contributed by atoms with Gasteiger partial charge in [-0.05, 0) is 58.7 Å².